The zero-order valence-corrected chi connectivity index (χ0v) is 21.4. The van der Waals surface area contributed by atoms with E-state index in [2.05, 4.69) is 15.3 Å². The number of rotatable bonds is 4. The van der Waals surface area contributed by atoms with Crippen LogP contribution in [-0.4, -0.2) is 29.5 Å². The summed E-state index contributed by atoms with van der Waals surface area (Å²) in [4.78, 5) is 17.2. The molecule has 0 radical (unpaired) electrons. The van der Waals surface area contributed by atoms with E-state index in [1.54, 1.807) is 0 Å². The molecular formula is C26H17F13N2O2. The molecule has 1 amide bonds. The average molecular weight is 636 g/mol. The van der Waals surface area contributed by atoms with E-state index < -0.39 is 93.9 Å². The van der Waals surface area contributed by atoms with Crippen molar-refractivity contribution in [2.45, 2.75) is 68.5 Å². The van der Waals surface area contributed by atoms with Gasteiger partial charge in [-0.15, -0.1) is 0 Å². The highest BCUT2D eigenvalue weighted by Gasteiger charge is 2.79. The standard InChI is InChI=1S/C26H17F13N2O2/c1-11-4-12(2-3-14(11)19(42)40-21-8-20(9-21,10-21)25(34,35)36)17-7-22(43-41-17,26(37,38)39)15-5-13(23(28,29)30)6-16(18(15)27)24(31,32)33/h2-6H,7-10H2,1H3,(H,40,42). The van der Waals surface area contributed by atoms with Crippen LogP contribution in [0.25, 0.3) is 0 Å². The normalized spacial score (nSPS) is 27.2. The van der Waals surface area contributed by atoms with Crippen LogP contribution in [0.5, 0.6) is 0 Å². The van der Waals surface area contributed by atoms with E-state index in [1.807, 2.05) is 0 Å². The van der Waals surface area contributed by atoms with Gasteiger partial charge < -0.3 is 10.2 Å². The van der Waals surface area contributed by atoms with Gasteiger partial charge >= 0.3 is 24.7 Å². The highest BCUT2D eigenvalue weighted by molar-refractivity contribution is 6.03. The lowest BCUT2D eigenvalue weighted by Crippen LogP contribution is -2.78. The molecule has 1 atom stereocenters. The molecule has 3 saturated carbocycles. The number of alkyl halides is 12. The summed E-state index contributed by atoms with van der Waals surface area (Å²) in [5.41, 5.74) is -14.6. The first-order chi connectivity index (χ1) is 19.4. The molecule has 2 bridgehead atoms. The summed E-state index contributed by atoms with van der Waals surface area (Å²) in [7, 11) is 0. The van der Waals surface area contributed by atoms with Gasteiger partial charge in [0.25, 0.3) is 11.5 Å². The lowest BCUT2D eigenvalue weighted by atomic mass is 9.39. The predicted molar refractivity (Wildman–Crippen MR) is 120 cm³/mol. The first-order valence-electron chi connectivity index (χ1n) is 12.2. The molecule has 234 valence electrons. The number of hydrogen-bond acceptors (Lipinski definition) is 3. The highest BCUT2D eigenvalue weighted by atomic mass is 19.4. The maximum Gasteiger partial charge on any atom is 0.435 e. The van der Waals surface area contributed by atoms with Gasteiger partial charge in [-0.25, -0.2) is 4.39 Å². The van der Waals surface area contributed by atoms with Gasteiger partial charge in [0.2, 0.25) is 0 Å². The van der Waals surface area contributed by atoms with Gasteiger partial charge in [0.15, 0.2) is 0 Å². The van der Waals surface area contributed by atoms with Crippen LogP contribution in [-0.2, 0) is 22.8 Å². The monoisotopic (exact) mass is 636 g/mol. The lowest BCUT2D eigenvalue weighted by molar-refractivity contribution is -0.336. The van der Waals surface area contributed by atoms with Crippen molar-refractivity contribution in [1.29, 1.82) is 0 Å². The van der Waals surface area contributed by atoms with Crippen LogP contribution in [0.2, 0.25) is 0 Å². The maximum atomic E-state index is 14.9. The minimum atomic E-state index is -5.80. The Balaban J connectivity index is 1.43. The number of amides is 1. The van der Waals surface area contributed by atoms with E-state index in [0.717, 1.165) is 18.2 Å². The van der Waals surface area contributed by atoms with Gasteiger partial charge in [-0.3, -0.25) is 4.79 Å². The largest absolute Gasteiger partial charge is 0.435 e. The van der Waals surface area contributed by atoms with Crippen LogP contribution in [0, 0.1) is 18.2 Å². The molecule has 3 fully saturated rings. The molecule has 1 heterocycles. The van der Waals surface area contributed by atoms with Gasteiger partial charge in [-0.1, -0.05) is 11.2 Å². The van der Waals surface area contributed by atoms with Crippen LogP contribution in [0.4, 0.5) is 57.1 Å². The minimum Gasteiger partial charge on any atom is -0.374 e. The van der Waals surface area contributed by atoms with Crippen molar-refractivity contribution in [2.24, 2.45) is 10.6 Å². The Labute approximate surface area is 232 Å². The van der Waals surface area contributed by atoms with E-state index in [4.69, 9.17) is 0 Å². The number of carbonyl (C=O) groups excluding carboxylic acids is 1. The average Bonchev–Trinajstić information content (AvgIpc) is 3.24. The fraction of sp³-hybridized carbons (Fsp3) is 0.462. The zero-order valence-electron chi connectivity index (χ0n) is 21.4. The summed E-state index contributed by atoms with van der Waals surface area (Å²) < 4.78 is 177. The molecule has 0 saturated heterocycles. The molecular weight excluding hydrogens is 619 g/mol. The molecule has 2 aromatic rings. The minimum absolute atomic E-state index is 0.0603. The highest BCUT2D eigenvalue weighted by Crippen LogP contribution is 2.73. The van der Waals surface area contributed by atoms with Crippen LogP contribution in [0.1, 0.15) is 63.9 Å². The molecule has 1 aliphatic heterocycles. The Kier molecular flexibility index (Phi) is 6.47. The first kappa shape index (κ1) is 30.9. The van der Waals surface area contributed by atoms with E-state index in [-0.39, 0.29) is 36.0 Å². The molecule has 1 unspecified atom stereocenters. The first-order valence-corrected chi connectivity index (χ1v) is 12.2. The smallest absolute Gasteiger partial charge is 0.374 e. The predicted octanol–water partition coefficient (Wildman–Crippen LogP) is 7.97. The lowest BCUT2D eigenvalue weighted by Gasteiger charge is -2.70. The van der Waals surface area contributed by atoms with Crippen molar-refractivity contribution < 1.29 is 66.7 Å². The molecule has 4 aliphatic rings. The molecule has 4 nitrogen and oxygen atoms in total. The SMILES string of the molecule is Cc1cc(C2=NOC(c3cc(C(F)(F)F)cc(C(F)(F)F)c3F)(C(F)(F)F)C2)ccc1C(=O)NC12CC(C(F)(F)F)(C1)C2. The number of oxime groups is 1. The summed E-state index contributed by atoms with van der Waals surface area (Å²) in [6.07, 6.45) is -24.0. The molecule has 17 heteroatoms. The van der Waals surface area contributed by atoms with Crippen LogP contribution < -0.4 is 5.32 Å². The van der Waals surface area contributed by atoms with E-state index in [1.165, 1.54) is 6.92 Å². The number of carbonyl (C=O) groups is 1. The molecule has 2 aromatic carbocycles. The summed E-state index contributed by atoms with van der Waals surface area (Å²) >= 11 is 0. The molecule has 6 rings (SSSR count). The Morgan fingerprint density at radius 2 is 1.47 bits per heavy atom. The van der Waals surface area contributed by atoms with Crippen LogP contribution in [0.3, 0.4) is 0 Å². The second-order valence-corrected chi connectivity index (χ2v) is 11.1. The van der Waals surface area contributed by atoms with Crippen molar-refractivity contribution in [3.05, 3.63) is 69.5 Å². The number of benzene rings is 2. The molecule has 43 heavy (non-hydrogen) atoms. The third-order valence-electron chi connectivity index (χ3n) is 8.14. The quantitative estimate of drug-likeness (QED) is 0.347. The number of halogens is 13. The summed E-state index contributed by atoms with van der Waals surface area (Å²) in [6.45, 7) is 1.33. The van der Waals surface area contributed by atoms with Crippen molar-refractivity contribution in [2.75, 3.05) is 0 Å². The van der Waals surface area contributed by atoms with Crippen LogP contribution >= 0.6 is 0 Å². The Morgan fingerprint density at radius 1 is 0.860 bits per heavy atom. The summed E-state index contributed by atoms with van der Waals surface area (Å²) in [6, 6.07) is 2.21. The summed E-state index contributed by atoms with van der Waals surface area (Å²) in [5, 5.41) is 5.75. The summed E-state index contributed by atoms with van der Waals surface area (Å²) in [5.74, 6) is -3.39. The Morgan fingerprint density at radius 3 is 1.95 bits per heavy atom. The second-order valence-electron chi connectivity index (χ2n) is 11.1. The number of nitrogens with one attached hydrogen (secondary N) is 1. The third-order valence-corrected chi connectivity index (χ3v) is 8.14. The number of nitrogens with zero attached hydrogens (tertiary/aromatic N) is 1. The van der Waals surface area contributed by atoms with Gasteiger partial charge in [0.1, 0.15) is 5.82 Å². The van der Waals surface area contributed by atoms with Gasteiger partial charge in [0.05, 0.1) is 28.7 Å². The zero-order chi connectivity index (χ0) is 32.2. The molecule has 3 aliphatic carbocycles. The van der Waals surface area contributed by atoms with E-state index in [0.29, 0.717) is 0 Å². The van der Waals surface area contributed by atoms with Gasteiger partial charge in [-0.2, -0.15) is 52.7 Å². The fourth-order valence-electron chi connectivity index (χ4n) is 5.95. The number of aryl methyl sites for hydroxylation is 1. The number of hydrogen-bond donors (Lipinski definition) is 1. The van der Waals surface area contributed by atoms with Gasteiger partial charge in [0, 0.05) is 16.7 Å². The molecule has 0 aromatic heterocycles. The third kappa shape index (κ3) is 4.78. The Hall–Kier alpha value is -3.53. The maximum absolute atomic E-state index is 14.9. The van der Waals surface area contributed by atoms with Gasteiger partial charge in [-0.05, 0) is 61.6 Å². The van der Waals surface area contributed by atoms with Crippen molar-refractivity contribution >= 4 is 11.6 Å². The fourth-order valence-corrected chi connectivity index (χ4v) is 5.95. The Bertz CT molecular complexity index is 1520. The second kappa shape index (κ2) is 9.00. The van der Waals surface area contributed by atoms with Crippen molar-refractivity contribution in [3.63, 3.8) is 0 Å². The van der Waals surface area contributed by atoms with E-state index in [9.17, 15) is 61.9 Å². The molecule has 0 spiro atoms. The molecule has 1 N–H and O–H groups in total. The van der Waals surface area contributed by atoms with E-state index >= 15 is 0 Å². The topological polar surface area (TPSA) is 50.7 Å². The van der Waals surface area contributed by atoms with Crippen molar-refractivity contribution in [1.82, 2.24) is 5.32 Å². The van der Waals surface area contributed by atoms with Crippen molar-refractivity contribution in [3.8, 4) is 0 Å². The van der Waals surface area contributed by atoms with Crippen LogP contribution in [0.15, 0.2) is 35.5 Å².